The molecule has 3 atom stereocenters. The first-order valence-corrected chi connectivity index (χ1v) is 7.50. The number of nitrogens with one attached hydrogen (secondary N) is 1. The number of para-hydroxylation sites is 1. The number of nitrogens with zero attached hydrogens (tertiary/aromatic N) is 1. The van der Waals surface area contributed by atoms with Crippen molar-refractivity contribution in [2.75, 3.05) is 11.9 Å². The number of fused-ring (bicyclic) bond motifs is 1. The number of carbonyl (C=O) groups is 2. The minimum Gasteiger partial charge on any atom is -0.373 e. The molecule has 1 aromatic carbocycles. The maximum atomic E-state index is 12.8. The lowest BCUT2D eigenvalue weighted by Gasteiger charge is -2.38. The molecule has 0 radical (unpaired) electrons. The Morgan fingerprint density at radius 2 is 2.05 bits per heavy atom. The molecule has 3 rings (SSSR count). The predicted octanol–water partition coefficient (Wildman–Crippen LogP) is 1.14. The molecule has 0 bridgehead atoms. The zero-order valence-electron chi connectivity index (χ0n) is 12.2. The summed E-state index contributed by atoms with van der Waals surface area (Å²) in [6.07, 6.45) is 2.32. The van der Waals surface area contributed by atoms with Crippen LogP contribution in [0.3, 0.4) is 0 Å². The number of carbonyl (C=O) groups excluding carboxylic acids is 2. The maximum Gasteiger partial charge on any atom is 0.245 e. The highest BCUT2D eigenvalue weighted by molar-refractivity contribution is 5.88. The first-order valence-electron chi connectivity index (χ1n) is 7.50. The standard InChI is InChI=1S/C16H21N3O2/c1-10-6-7-12(15(17)20)9-19(10)16(21)14-8-11-4-2-3-5-13(11)18-14/h2-5,10,12,14,18H,6-9H2,1H3,(H2,17,20). The average molecular weight is 287 g/mol. The van der Waals surface area contributed by atoms with Gasteiger partial charge in [-0.1, -0.05) is 18.2 Å². The molecule has 3 unspecified atom stereocenters. The van der Waals surface area contributed by atoms with Crippen molar-refractivity contribution in [2.45, 2.75) is 38.3 Å². The fourth-order valence-corrected chi connectivity index (χ4v) is 3.29. The molecule has 0 aliphatic carbocycles. The number of amides is 2. The number of primary amides is 1. The molecule has 112 valence electrons. The lowest BCUT2D eigenvalue weighted by molar-refractivity contribution is -0.138. The topological polar surface area (TPSA) is 75.4 Å². The second-order valence-corrected chi connectivity index (χ2v) is 6.07. The van der Waals surface area contributed by atoms with E-state index in [1.807, 2.05) is 36.1 Å². The molecular weight excluding hydrogens is 266 g/mol. The van der Waals surface area contributed by atoms with Crippen molar-refractivity contribution in [3.63, 3.8) is 0 Å². The molecule has 2 heterocycles. The van der Waals surface area contributed by atoms with Gasteiger partial charge in [0.2, 0.25) is 11.8 Å². The molecule has 0 saturated carbocycles. The zero-order valence-corrected chi connectivity index (χ0v) is 12.2. The van der Waals surface area contributed by atoms with Gasteiger partial charge in [0, 0.05) is 24.7 Å². The number of likely N-dealkylation sites (tertiary alicyclic amines) is 1. The van der Waals surface area contributed by atoms with Crippen molar-refractivity contribution in [1.29, 1.82) is 0 Å². The highest BCUT2D eigenvalue weighted by Crippen LogP contribution is 2.28. The number of hydrogen-bond donors (Lipinski definition) is 2. The third kappa shape index (κ3) is 2.60. The van der Waals surface area contributed by atoms with E-state index in [2.05, 4.69) is 5.32 Å². The van der Waals surface area contributed by atoms with Gasteiger partial charge in [0.15, 0.2) is 0 Å². The van der Waals surface area contributed by atoms with Crippen molar-refractivity contribution >= 4 is 17.5 Å². The van der Waals surface area contributed by atoms with Crippen molar-refractivity contribution in [3.05, 3.63) is 29.8 Å². The van der Waals surface area contributed by atoms with Crippen LogP contribution in [-0.2, 0) is 16.0 Å². The van der Waals surface area contributed by atoms with Crippen LogP contribution in [0.1, 0.15) is 25.3 Å². The third-order valence-electron chi connectivity index (χ3n) is 4.64. The molecule has 21 heavy (non-hydrogen) atoms. The Morgan fingerprint density at radius 3 is 2.76 bits per heavy atom. The maximum absolute atomic E-state index is 12.8. The first kappa shape index (κ1) is 13.9. The van der Waals surface area contributed by atoms with Crippen LogP contribution >= 0.6 is 0 Å². The molecule has 2 amide bonds. The molecule has 0 spiro atoms. The Kier molecular flexibility index (Phi) is 3.57. The van der Waals surface area contributed by atoms with Gasteiger partial charge < -0.3 is 16.0 Å². The summed E-state index contributed by atoms with van der Waals surface area (Å²) in [6.45, 7) is 2.49. The fraction of sp³-hybridized carbons (Fsp3) is 0.500. The van der Waals surface area contributed by atoms with Crippen molar-refractivity contribution < 1.29 is 9.59 Å². The van der Waals surface area contributed by atoms with E-state index in [-0.39, 0.29) is 29.8 Å². The number of anilines is 1. The normalized spacial score (nSPS) is 27.9. The van der Waals surface area contributed by atoms with Gasteiger partial charge >= 0.3 is 0 Å². The Balaban J connectivity index is 1.72. The summed E-state index contributed by atoms with van der Waals surface area (Å²) in [7, 11) is 0. The van der Waals surface area contributed by atoms with Crippen LogP contribution in [0.15, 0.2) is 24.3 Å². The van der Waals surface area contributed by atoms with Gasteiger partial charge in [-0.3, -0.25) is 9.59 Å². The van der Waals surface area contributed by atoms with Crippen molar-refractivity contribution in [1.82, 2.24) is 4.90 Å². The van der Waals surface area contributed by atoms with Crippen LogP contribution < -0.4 is 11.1 Å². The number of rotatable bonds is 2. The zero-order chi connectivity index (χ0) is 15.0. The fourth-order valence-electron chi connectivity index (χ4n) is 3.29. The summed E-state index contributed by atoms with van der Waals surface area (Å²) in [5.41, 5.74) is 7.61. The molecule has 1 fully saturated rings. The van der Waals surface area contributed by atoms with Gasteiger partial charge in [0.05, 0.1) is 5.92 Å². The molecule has 3 N–H and O–H groups in total. The number of benzene rings is 1. The molecule has 2 aliphatic rings. The SMILES string of the molecule is CC1CCC(C(N)=O)CN1C(=O)C1Cc2ccccc2N1. The molecular formula is C16H21N3O2. The van der Waals surface area contributed by atoms with E-state index in [0.717, 1.165) is 18.5 Å². The molecule has 0 aromatic heterocycles. The van der Waals surface area contributed by atoms with E-state index in [9.17, 15) is 9.59 Å². The quantitative estimate of drug-likeness (QED) is 0.856. The van der Waals surface area contributed by atoms with Crippen LogP contribution in [0.2, 0.25) is 0 Å². The summed E-state index contributed by atoms with van der Waals surface area (Å²) in [5.74, 6) is -0.444. The van der Waals surface area contributed by atoms with E-state index in [0.29, 0.717) is 13.0 Å². The van der Waals surface area contributed by atoms with Gasteiger partial charge in [0.25, 0.3) is 0 Å². The second-order valence-electron chi connectivity index (χ2n) is 6.07. The summed E-state index contributed by atoms with van der Waals surface area (Å²) >= 11 is 0. The van der Waals surface area contributed by atoms with Crippen LogP contribution in [-0.4, -0.2) is 35.3 Å². The lowest BCUT2D eigenvalue weighted by atomic mass is 9.92. The smallest absolute Gasteiger partial charge is 0.245 e. The molecule has 5 heteroatoms. The Bertz CT molecular complexity index is 547. The third-order valence-corrected chi connectivity index (χ3v) is 4.64. The van der Waals surface area contributed by atoms with Crippen LogP contribution in [0.4, 0.5) is 5.69 Å². The number of piperidine rings is 1. The van der Waals surface area contributed by atoms with Gasteiger partial charge in [-0.25, -0.2) is 0 Å². The molecule has 2 aliphatic heterocycles. The highest BCUT2D eigenvalue weighted by Gasteiger charge is 2.36. The highest BCUT2D eigenvalue weighted by atomic mass is 16.2. The second kappa shape index (κ2) is 5.39. The van der Waals surface area contributed by atoms with Crippen LogP contribution in [0, 0.1) is 5.92 Å². The van der Waals surface area contributed by atoms with Gasteiger partial charge in [-0.05, 0) is 31.4 Å². The average Bonchev–Trinajstić information content (AvgIpc) is 2.90. The van der Waals surface area contributed by atoms with E-state index in [1.165, 1.54) is 5.56 Å². The molecule has 5 nitrogen and oxygen atoms in total. The first-order chi connectivity index (χ1) is 10.1. The van der Waals surface area contributed by atoms with E-state index < -0.39 is 0 Å². The minimum atomic E-state index is -0.303. The van der Waals surface area contributed by atoms with Gasteiger partial charge in [0.1, 0.15) is 6.04 Å². The molecule has 1 aromatic rings. The summed E-state index contributed by atoms with van der Waals surface area (Å²) < 4.78 is 0. The lowest BCUT2D eigenvalue weighted by Crippen LogP contribution is -2.52. The van der Waals surface area contributed by atoms with E-state index in [4.69, 9.17) is 5.73 Å². The van der Waals surface area contributed by atoms with Gasteiger partial charge in [-0.15, -0.1) is 0 Å². The van der Waals surface area contributed by atoms with Crippen LogP contribution in [0.5, 0.6) is 0 Å². The van der Waals surface area contributed by atoms with Crippen molar-refractivity contribution in [2.24, 2.45) is 11.7 Å². The van der Waals surface area contributed by atoms with Crippen LogP contribution in [0.25, 0.3) is 0 Å². The Hall–Kier alpha value is -2.04. The number of nitrogens with two attached hydrogens (primary N) is 1. The summed E-state index contributed by atoms with van der Waals surface area (Å²) in [6, 6.07) is 7.93. The van der Waals surface area contributed by atoms with E-state index >= 15 is 0 Å². The Labute approximate surface area is 124 Å². The summed E-state index contributed by atoms with van der Waals surface area (Å²) in [4.78, 5) is 26.0. The van der Waals surface area contributed by atoms with E-state index in [1.54, 1.807) is 0 Å². The summed E-state index contributed by atoms with van der Waals surface area (Å²) in [5, 5.41) is 3.29. The monoisotopic (exact) mass is 287 g/mol. The predicted molar refractivity (Wildman–Crippen MR) is 80.7 cm³/mol. The minimum absolute atomic E-state index is 0.0738. The Morgan fingerprint density at radius 1 is 1.29 bits per heavy atom. The van der Waals surface area contributed by atoms with Gasteiger partial charge in [-0.2, -0.15) is 0 Å². The number of hydrogen-bond acceptors (Lipinski definition) is 3. The largest absolute Gasteiger partial charge is 0.373 e. The molecule has 1 saturated heterocycles. The van der Waals surface area contributed by atoms with Crippen molar-refractivity contribution in [3.8, 4) is 0 Å².